The first-order chi connectivity index (χ1) is 10.1. The van der Waals surface area contributed by atoms with Crippen LogP contribution in [-0.4, -0.2) is 16.9 Å². The van der Waals surface area contributed by atoms with Crippen molar-refractivity contribution in [3.63, 3.8) is 0 Å². The number of benzene rings is 1. The van der Waals surface area contributed by atoms with Crippen molar-refractivity contribution >= 4 is 28.4 Å². The van der Waals surface area contributed by atoms with Crippen LogP contribution in [0, 0.1) is 5.92 Å². The van der Waals surface area contributed by atoms with E-state index in [0.29, 0.717) is 16.6 Å². The average Bonchev–Trinajstić information content (AvgIpc) is 2.48. The number of para-hydroxylation sites is 1. The van der Waals surface area contributed by atoms with Gasteiger partial charge in [0.2, 0.25) is 0 Å². The normalized spacial score (nSPS) is 22.2. The maximum Gasteiger partial charge on any atom is 0.252 e. The summed E-state index contributed by atoms with van der Waals surface area (Å²) < 4.78 is 0. The molecular formula is C17H19ClN2O. The van der Waals surface area contributed by atoms with Crippen LogP contribution in [-0.2, 0) is 0 Å². The lowest BCUT2D eigenvalue weighted by Crippen LogP contribution is -2.41. The second kappa shape index (κ2) is 6.02. The maximum atomic E-state index is 12.6. The second-order valence-electron chi connectivity index (χ2n) is 5.85. The molecule has 0 bridgehead atoms. The Balaban J connectivity index is 1.90. The minimum Gasteiger partial charge on any atom is -0.349 e. The molecule has 1 aromatic heterocycles. The van der Waals surface area contributed by atoms with Crippen molar-refractivity contribution in [1.29, 1.82) is 0 Å². The van der Waals surface area contributed by atoms with Crippen LogP contribution in [0.3, 0.4) is 0 Å². The van der Waals surface area contributed by atoms with E-state index in [-0.39, 0.29) is 11.9 Å². The number of fused-ring (bicyclic) bond motifs is 1. The molecule has 1 aromatic carbocycles. The number of nitrogens with zero attached hydrogens (tertiary/aromatic N) is 1. The molecule has 1 aliphatic rings. The summed E-state index contributed by atoms with van der Waals surface area (Å²) in [6, 6.07) is 9.53. The van der Waals surface area contributed by atoms with Crippen molar-refractivity contribution in [2.24, 2.45) is 5.92 Å². The number of rotatable bonds is 2. The SMILES string of the molecule is C[C@H]1CCCC[C@H]1NC(=O)c1cc(Cl)nc2ccccc12. The number of aromatic nitrogens is 1. The van der Waals surface area contributed by atoms with Crippen molar-refractivity contribution in [2.45, 2.75) is 38.6 Å². The zero-order valence-electron chi connectivity index (χ0n) is 12.1. The molecule has 110 valence electrons. The van der Waals surface area contributed by atoms with E-state index < -0.39 is 0 Å². The molecule has 3 nitrogen and oxygen atoms in total. The zero-order chi connectivity index (χ0) is 14.8. The van der Waals surface area contributed by atoms with Crippen molar-refractivity contribution in [2.75, 3.05) is 0 Å². The van der Waals surface area contributed by atoms with Crippen molar-refractivity contribution in [3.8, 4) is 0 Å². The standard InChI is InChI=1S/C17H19ClN2O/c1-11-6-2-4-8-14(11)20-17(21)13-10-16(18)19-15-9-5-3-7-12(13)15/h3,5,7,9-11,14H,2,4,6,8H2,1H3,(H,20,21)/t11-,14+/m0/s1. The Hall–Kier alpha value is -1.61. The van der Waals surface area contributed by atoms with Crippen LogP contribution in [0.4, 0.5) is 0 Å². The summed E-state index contributed by atoms with van der Waals surface area (Å²) >= 11 is 6.05. The summed E-state index contributed by atoms with van der Waals surface area (Å²) in [4.78, 5) is 16.9. The fourth-order valence-corrected chi connectivity index (χ4v) is 3.31. The summed E-state index contributed by atoms with van der Waals surface area (Å²) in [5.74, 6) is 0.487. The third kappa shape index (κ3) is 3.03. The molecule has 1 saturated carbocycles. The number of pyridine rings is 1. The van der Waals surface area contributed by atoms with E-state index in [1.54, 1.807) is 6.07 Å². The van der Waals surface area contributed by atoms with E-state index in [4.69, 9.17) is 11.6 Å². The van der Waals surface area contributed by atoms with Gasteiger partial charge in [0, 0.05) is 11.4 Å². The molecule has 21 heavy (non-hydrogen) atoms. The molecule has 0 unspecified atom stereocenters. The lowest BCUT2D eigenvalue weighted by molar-refractivity contribution is 0.0912. The average molecular weight is 303 g/mol. The molecule has 0 saturated heterocycles. The predicted octanol–water partition coefficient (Wildman–Crippen LogP) is 4.20. The first-order valence-electron chi connectivity index (χ1n) is 7.51. The lowest BCUT2D eigenvalue weighted by Gasteiger charge is -2.29. The molecule has 1 heterocycles. The number of carbonyl (C=O) groups excluding carboxylic acids is 1. The highest BCUT2D eigenvalue weighted by atomic mass is 35.5. The van der Waals surface area contributed by atoms with Gasteiger partial charge >= 0.3 is 0 Å². The molecule has 0 aliphatic heterocycles. The molecule has 2 atom stereocenters. The molecule has 1 N–H and O–H groups in total. The van der Waals surface area contributed by atoms with Crippen LogP contribution in [0.5, 0.6) is 0 Å². The molecule has 4 heteroatoms. The summed E-state index contributed by atoms with van der Waals surface area (Å²) in [6.07, 6.45) is 4.69. The molecule has 0 radical (unpaired) electrons. The minimum absolute atomic E-state index is 0.0470. The van der Waals surface area contributed by atoms with Crippen molar-refractivity contribution in [1.82, 2.24) is 10.3 Å². The van der Waals surface area contributed by atoms with Crippen LogP contribution in [0.15, 0.2) is 30.3 Å². The molecule has 1 fully saturated rings. The summed E-state index contributed by atoms with van der Waals surface area (Å²) in [5, 5.41) is 4.39. The zero-order valence-corrected chi connectivity index (χ0v) is 12.9. The first-order valence-corrected chi connectivity index (χ1v) is 7.89. The van der Waals surface area contributed by atoms with E-state index in [0.717, 1.165) is 17.3 Å². The van der Waals surface area contributed by atoms with Gasteiger partial charge in [-0.15, -0.1) is 0 Å². The van der Waals surface area contributed by atoms with Gasteiger partial charge in [-0.25, -0.2) is 4.98 Å². The number of nitrogens with one attached hydrogen (secondary N) is 1. The van der Waals surface area contributed by atoms with Crippen LogP contribution in [0.25, 0.3) is 10.9 Å². The third-order valence-electron chi connectivity index (χ3n) is 4.36. The quantitative estimate of drug-likeness (QED) is 0.845. The van der Waals surface area contributed by atoms with Crippen LogP contribution >= 0.6 is 11.6 Å². The Morgan fingerprint density at radius 1 is 1.29 bits per heavy atom. The Bertz CT molecular complexity index is 671. The summed E-state index contributed by atoms with van der Waals surface area (Å²) in [6.45, 7) is 2.21. The highest BCUT2D eigenvalue weighted by molar-refractivity contribution is 6.30. The second-order valence-corrected chi connectivity index (χ2v) is 6.24. The number of hydrogen-bond acceptors (Lipinski definition) is 2. The largest absolute Gasteiger partial charge is 0.349 e. The fourth-order valence-electron chi connectivity index (χ4n) is 3.11. The monoisotopic (exact) mass is 302 g/mol. The Morgan fingerprint density at radius 2 is 2.05 bits per heavy atom. The van der Waals surface area contributed by atoms with E-state index in [1.165, 1.54) is 19.3 Å². The number of amides is 1. The summed E-state index contributed by atoms with van der Waals surface area (Å²) in [7, 11) is 0. The lowest BCUT2D eigenvalue weighted by atomic mass is 9.86. The van der Waals surface area contributed by atoms with Crippen molar-refractivity contribution < 1.29 is 4.79 Å². The Labute approximate surface area is 129 Å². The number of hydrogen-bond donors (Lipinski definition) is 1. The van der Waals surface area contributed by atoms with Gasteiger partial charge in [-0.3, -0.25) is 4.79 Å². The van der Waals surface area contributed by atoms with Gasteiger partial charge in [-0.2, -0.15) is 0 Å². The molecule has 1 aliphatic carbocycles. The van der Waals surface area contributed by atoms with Gasteiger partial charge in [0.05, 0.1) is 11.1 Å². The van der Waals surface area contributed by atoms with Crippen molar-refractivity contribution in [3.05, 3.63) is 41.0 Å². The van der Waals surface area contributed by atoms with Crippen LogP contribution in [0.2, 0.25) is 5.15 Å². The number of halogens is 1. The topological polar surface area (TPSA) is 42.0 Å². The van der Waals surface area contributed by atoms with Gasteiger partial charge < -0.3 is 5.32 Å². The fraction of sp³-hybridized carbons (Fsp3) is 0.412. The summed E-state index contributed by atoms with van der Waals surface area (Å²) in [5.41, 5.74) is 1.37. The predicted molar refractivity (Wildman–Crippen MR) is 85.6 cm³/mol. The van der Waals surface area contributed by atoms with E-state index in [1.807, 2.05) is 24.3 Å². The van der Waals surface area contributed by atoms with E-state index in [2.05, 4.69) is 17.2 Å². The van der Waals surface area contributed by atoms with Gasteiger partial charge in [-0.1, -0.05) is 49.6 Å². The maximum absolute atomic E-state index is 12.6. The van der Waals surface area contributed by atoms with Gasteiger partial charge in [-0.05, 0) is 30.9 Å². The molecule has 0 spiro atoms. The molecule has 2 aromatic rings. The minimum atomic E-state index is -0.0470. The number of carbonyl (C=O) groups is 1. The highest BCUT2D eigenvalue weighted by Gasteiger charge is 2.24. The van der Waals surface area contributed by atoms with Gasteiger partial charge in [0.15, 0.2) is 0 Å². The molecule has 3 rings (SSSR count). The van der Waals surface area contributed by atoms with E-state index >= 15 is 0 Å². The van der Waals surface area contributed by atoms with E-state index in [9.17, 15) is 4.79 Å². The smallest absolute Gasteiger partial charge is 0.252 e. The molecular weight excluding hydrogens is 284 g/mol. The third-order valence-corrected chi connectivity index (χ3v) is 4.55. The Kier molecular flexibility index (Phi) is 4.11. The molecule has 1 amide bonds. The van der Waals surface area contributed by atoms with Gasteiger partial charge in [0.25, 0.3) is 5.91 Å². The Morgan fingerprint density at radius 3 is 2.86 bits per heavy atom. The van der Waals surface area contributed by atoms with Gasteiger partial charge in [0.1, 0.15) is 5.15 Å². The first kappa shape index (κ1) is 14.3. The van der Waals surface area contributed by atoms with Crippen LogP contribution < -0.4 is 5.32 Å². The highest BCUT2D eigenvalue weighted by Crippen LogP contribution is 2.25. The van der Waals surface area contributed by atoms with Crippen LogP contribution in [0.1, 0.15) is 43.0 Å².